The Balaban J connectivity index is 0.00000242. The van der Waals surface area contributed by atoms with Crippen molar-refractivity contribution in [2.24, 2.45) is 0 Å². The van der Waals surface area contributed by atoms with Crippen LogP contribution >= 0.6 is 0 Å². The van der Waals surface area contributed by atoms with E-state index in [9.17, 15) is 0 Å². The third-order valence-electron chi connectivity index (χ3n) is 7.11. The molecule has 0 spiro atoms. The predicted molar refractivity (Wildman–Crippen MR) is 149 cm³/mol. The van der Waals surface area contributed by atoms with Crippen LogP contribution in [0.25, 0.3) is 60.8 Å². The van der Waals surface area contributed by atoms with Crippen LogP contribution in [0.4, 0.5) is 0 Å². The van der Waals surface area contributed by atoms with Gasteiger partial charge in [-0.1, -0.05) is 54.0 Å². The van der Waals surface area contributed by atoms with Gasteiger partial charge in [0.05, 0.1) is 11.0 Å². The van der Waals surface area contributed by atoms with Crippen molar-refractivity contribution in [2.45, 2.75) is 0 Å². The van der Waals surface area contributed by atoms with E-state index in [1.54, 1.807) is 6.20 Å². The molecule has 0 N–H and O–H groups in total. The molecule has 8 aromatic rings. The molecule has 38 heavy (non-hydrogen) atoms. The fourth-order valence-electron chi connectivity index (χ4n) is 5.53. The van der Waals surface area contributed by atoms with E-state index in [1.807, 2.05) is 35.3 Å². The maximum atomic E-state index is 4.69. The van der Waals surface area contributed by atoms with E-state index in [0.29, 0.717) is 0 Å². The summed E-state index contributed by atoms with van der Waals surface area (Å²) in [6, 6.07) is 39.6. The molecule has 0 fully saturated rings. The van der Waals surface area contributed by atoms with Gasteiger partial charge >= 0.3 is 0 Å². The smallest absolute Gasteiger partial charge is 0.137 e. The number of pyridine rings is 1. The fraction of sp³-hybridized carbons (Fsp3) is 0. The average Bonchev–Trinajstić information content (AvgIpc) is 3.68. The number of rotatable bonds is 3. The van der Waals surface area contributed by atoms with Gasteiger partial charge in [0.1, 0.15) is 5.82 Å². The topological polar surface area (TPSA) is 40.6 Å². The zero-order chi connectivity index (χ0) is 24.3. The molecule has 4 aromatic heterocycles. The van der Waals surface area contributed by atoms with Gasteiger partial charge in [-0.2, -0.15) is 11.2 Å². The summed E-state index contributed by atoms with van der Waals surface area (Å²) in [7, 11) is 0. The number of hydrogen-bond donors (Lipinski definition) is 0. The fourth-order valence-corrected chi connectivity index (χ4v) is 5.53. The molecule has 0 saturated heterocycles. The summed E-state index contributed by atoms with van der Waals surface area (Å²) >= 11 is 0. The van der Waals surface area contributed by atoms with Crippen LogP contribution in [0.2, 0.25) is 0 Å². The van der Waals surface area contributed by atoms with Gasteiger partial charge in [-0.25, -0.2) is 4.98 Å². The molecular weight excluding hydrogens is 649 g/mol. The van der Waals surface area contributed by atoms with E-state index in [0.717, 1.165) is 44.6 Å². The van der Waals surface area contributed by atoms with Crippen LogP contribution in [0, 0.1) is 6.07 Å². The first-order valence-electron chi connectivity index (χ1n) is 12.3. The molecule has 4 aromatic carbocycles. The van der Waals surface area contributed by atoms with Crippen molar-refractivity contribution in [2.75, 3.05) is 0 Å². The van der Waals surface area contributed by atoms with E-state index in [2.05, 4.69) is 105 Å². The molecule has 0 amide bonds. The first-order chi connectivity index (χ1) is 18.4. The van der Waals surface area contributed by atoms with Crippen molar-refractivity contribution in [3.63, 3.8) is 0 Å². The molecule has 0 atom stereocenters. The normalized spacial score (nSPS) is 11.5. The summed E-state index contributed by atoms with van der Waals surface area (Å²) in [4.78, 5) is 4.69. The van der Waals surface area contributed by atoms with Crippen LogP contribution in [0.5, 0.6) is 0 Å². The number of benzene rings is 4. The van der Waals surface area contributed by atoms with Gasteiger partial charge in [0, 0.05) is 61.6 Å². The molecule has 8 rings (SSSR count). The second-order valence-corrected chi connectivity index (χ2v) is 9.15. The third-order valence-corrected chi connectivity index (χ3v) is 7.11. The van der Waals surface area contributed by atoms with Crippen LogP contribution in [-0.4, -0.2) is 23.9 Å². The second kappa shape index (κ2) is 8.83. The SMILES string of the molecule is [Pt].[c-]1c(-n2cccn2)ccc2c3ccccc3n(-c3ccc4c5ccccc5n(-c5ccccn5)c4c3)c12. The Morgan fingerprint density at radius 2 is 1.29 bits per heavy atom. The summed E-state index contributed by atoms with van der Waals surface area (Å²) in [5.74, 6) is 0.903. The Kier molecular flexibility index (Phi) is 5.27. The van der Waals surface area contributed by atoms with Gasteiger partial charge in [-0.05, 0) is 53.5 Å². The van der Waals surface area contributed by atoms with Crippen LogP contribution in [0.1, 0.15) is 0 Å². The predicted octanol–water partition coefficient (Wildman–Crippen LogP) is 7.26. The molecule has 0 bridgehead atoms. The number of fused-ring (bicyclic) bond motifs is 6. The Labute approximate surface area is 232 Å². The summed E-state index contributed by atoms with van der Waals surface area (Å²) < 4.78 is 6.40. The molecule has 0 aliphatic heterocycles. The van der Waals surface area contributed by atoms with Crippen LogP contribution in [0.15, 0.2) is 122 Å². The molecule has 0 saturated carbocycles. The second-order valence-electron chi connectivity index (χ2n) is 9.15. The third kappa shape index (κ3) is 3.29. The zero-order valence-electron chi connectivity index (χ0n) is 20.1. The molecule has 0 aliphatic rings. The van der Waals surface area contributed by atoms with Crippen molar-refractivity contribution in [3.05, 3.63) is 128 Å². The Morgan fingerprint density at radius 3 is 2.05 bits per heavy atom. The summed E-state index contributed by atoms with van der Waals surface area (Å²) in [5.41, 5.74) is 6.41. The van der Waals surface area contributed by atoms with Crippen LogP contribution in [-0.2, 0) is 21.1 Å². The van der Waals surface area contributed by atoms with Gasteiger partial charge in [0.25, 0.3) is 0 Å². The molecule has 5 nitrogen and oxygen atoms in total. The van der Waals surface area contributed by atoms with E-state index in [-0.39, 0.29) is 21.1 Å². The summed E-state index contributed by atoms with van der Waals surface area (Å²) in [6.07, 6.45) is 5.58. The molecule has 4 heterocycles. The average molecular weight is 670 g/mol. The maximum Gasteiger partial charge on any atom is 0.137 e. The monoisotopic (exact) mass is 669 g/mol. The first-order valence-corrected chi connectivity index (χ1v) is 12.3. The molecular formula is C32H20N5Pt-. The summed E-state index contributed by atoms with van der Waals surface area (Å²) in [5, 5.41) is 9.20. The zero-order valence-corrected chi connectivity index (χ0v) is 22.4. The minimum Gasteiger partial charge on any atom is -0.334 e. The number of nitrogens with zero attached hydrogens (tertiary/aromatic N) is 5. The molecule has 0 radical (unpaired) electrons. The van der Waals surface area contributed by atoms with Crippen molar-refractivity contribution >= 4 is 43.6 Å². The van der Waals surface area contributed by atoms with E-state index in [1.165, 1.54) is 16.2 Å². The van der Waals surface area contributed by atoms with Gasteiger partial charge < -0.3 is 4.57 Å². The Hall–Kier alpha value is -4.47. The number of para-hydroxylation sites is 2. The number of aromatic nitrogens is 5. The first kappa shape index (κ1) is 22.7. The molecule has 6 heteroatoms. The quantitative estimate of drug-likeness (QED) is 0.186. The van der Waals surface area contributed by atoms with Crippen molar-refractivity contribution < 1.29 is 21.1 Å². The van der Waals surface area contributed by atoms with Gasteiger partial charge in [-0.15, -0.1) is 17.5 Å². The maximum absolute atomic E-state index is 4.69. The van der Waals surface area contributed by atoms with Gasteiger partial charge in [0.15, 0.2) is 0 Å². The van der Waals surface area contributed by atoms with Crippen molar-refractivity contribution in [1.29, 1.82) is 0 Å². The molecule has 184 valence electrons. The van der Waals surface area contributed by atoms with Gasteiger partial charge in [0.2, 0.25) is 0 Å². The molecule has 0 unspecified atom stereocenters. The van der Waals surface area contributed by atoms with Crippen LogP contribution in [0.3, 0.4) is 0 Å². The minimum atomic E-state index is 0. The minimum absolute atomic E-state index is 0. The summed E-state index contributed by atoms with van der Waals surface area (Å²) in [6.45, 7) is 0. The van der Waals surface area contributed by atoms with Gasteiger partial charge in [-0.3, -0.25) is 9.25 Å². The van der Waals surface area contributed by atoms with E-state index < -0.39 is 0 Å². The van der Waals surface area contributed by atoms with E-state index in [4.69, 9.17) is 4.98 Å². The largest absolute Gasteiger partial charge is 0.334 e. The number of hydrogen-bond acceptors (Lipinski definition) is 2. The Bertz CT molecular complexity index is 2090. The van der Waals surface area contributed by atoms with Crippen molar-refractivity contribution in [3.8, 4) is 17.2 Å². The van der Waals surface area contributed by atoms with Crippen LogP contribution < -0.4 is 0 Å². The van der Waals surface area contributed by atoms with E-state index >= 15 is 0 Å². The molecule has 0 aliphatic carbocycles. The Morgan fingerprint density at radius 1 is 0.579 bits per heavy atom. The standard InChI is InChI=1S/C32H20N5.Pt/c1-3-10-28-24(8-1)26-15-13-22(35-19-7-18-34-35)20-30(26)36(28)23-14-16-27-25-9-2-4-11-29(25)37(31(27)21-23)32-12-5-6-17-33-32;/h1-19,21H;/q-1;. The van der Waals surface area contributed by atoms with Crippen molar-refractivity contribution in [1.82, 2.24) is 23.9 Å².